The highest BCUT2D eigenvalue weighted by molar-refractivity contribution is 5.96. The molecule has 1 aliphatic carbocycles. The Morgan fingerprint density at radius 2 is 2.20 bits per heavy atom. The van der Waals surface area contributed by atoms with Crippen molar-refractivity contribution < 1.29 is 4.79 Å². The fourth-order valence-corrected chi connectivity index (χ4v) is 1.26. The summed E-state index contributed by atoms with van der Waals surface area (Å²) in [4.78, 5) is 10.6. The molecule has 10 heavy (non-hydrogen) atoms. The van der Waals surface area contributed by atoms with E-state index in [1.165, 1.54) is 0 Å². The summed E-state index contributed by atoms with van der Waals surface area (Å²) in [5, 5.41) is 0. The van der Waals surface area contributed by atoms with Crippen LogP contribution in [0.25, 0.3) is 0 Å². The average molecular weight is 141 g/mol. The van der Waals surface area contributed by atoms with Crippen molar-refractivity contribution in [2.24, 2.45) is 17.6 Å². The zero-order chi connectivity index (χ0) is 7.72. The summed E-state index contributed by atoms with van der Waals surface area (Å²) < 4.78 is 0. The molecule has 2 nitrogen and oxygen atoms in total. The van der Waals surface area contributed by atoms with E-state index >= 15 is 0 Å². The third-order valence-corrected chi connectivity index (χ3v) is 1.93. The van der Waals surface area contributed by atoms with Gasteiger partial charge in [-0.25, -0.2) is 0 Å². The fourth-order valence-electron chi connectivity index (χ4n) is 1.26. The van der Waals surface area contributed by atoms with Gasteiger partial charge in [0.1, 0.15) is 5.78 Å². The van der Waals surface area contributed by atoms with Crippen molar-refractivity contribution >= 4 is 5.78 Å². The van der Waals surface area contributed by atoms with Gasteiger partial charge in [-0.2, -0.15) is 0 Å². The Morgan fingerprint density at radius 3 is 2.50 bits per heavy atom. The van der Waals surface area contributed by atoms with Gasteiger partial charge in [-0.05, 0) is 12.3 Å². The predicted molar refractivity (Wildman–Crippen MR) is 40.5 cm³/mol. The molecule has 2 atom stereocenters. The maximum atomic E-state index is 10.6. The van der Waals surface area contributed by atoms with Crippen molar-refractivity contribution in [2.75, 3.05) is 0 Å². The zero-order valence-electron chi connectivity index (χ0n) is 6.63. The van der Waals surface area contributed by atoms with E-state index in [2.05, 4.69) is 13.8 Å². The molecule has 58 valence electrons. The topological polar surface area (TPSA) is 43.1 Å². The van der Waals surface area contributed by atoms with Crippen molar-refractivity contribution in [2.45, 2.75) is 32.7 Å². The smallest absolute Gasteiger partial charge is 0.138 e. The second-order valence-corrected chi connectivity index (χ2v) is 3.57. The summed E-state index contributed by atoms with van der Waals surface area (Å²) >= 11 is 0. The highest BCUT2D eigenvalue weighted by Gasteiger charge is 2.39. The van der Waals surface area contributed by atoms with Crippen molar-refractivity contribution in [1.29, 1.82) is 0 Å². The molecular formula is C8H15NO. The maximum Gasteiger partial charge on any atom is 0.138 e. The first-order valence-electron chi connectivity index (χ1n) is 3.89. The Bertz CT molecular complexity index is 142. The van der Waals surface area contributed by atoms with Gasteiger partial charge in [-0.1, -0.05) is 13.8 Å². The lowest BCUT2D eigenvalue weighted by molar-refractivity contribution is -0.111. The molecular weight excluding hydrogens is 126 g/mol. The van der Waals surface area contributed by atoms with Crippen LogP contribution in [0, 0.1) is 11.8 Å². The molecule has 2 heteroatoms. The molecule has 1 unspecified atom stereocenters. The van der Waals surface area contributed by atoms with E-state index in [0.717, 1.165) is 12.8 Å². The van der Waals surface area contributed by atoms with Crippen molar-refractivity contribution in [3.8, 4) is 0 Å². The monoisotopic (exact) mass is 141 g/mol. The largest absolute Gasteiger partial charge is 0.327 e. The lowest BCUT2D eigenvalue weighted by atomic mass is 10.0. The van der Waals surface area contributed by atoms with Crippen LogP contribution in [0.4, 0.5) is 0 Å². The second-order valence-electron chi connectivity index (χ2n) is 3.57. The lowest BCUT2D eigenvalue weighted by Crippen LogP contribution is -2.25. The first-order chi connectivity index (χ1) is 4.61. The standard InChI is InChI=1S/C8H15NO/c1-5(2)3-7(9)6-4-8(6)10/h5-7H,3-4,9H2,1-2H3/t6-,7?/m0/s1. The van der Waals surface area contributed by atoms with Gasteiger partial charge in [-0.15, -0.1) is 0 Å². The summed E-state index contributed by atoms with van der Waals surface area (Å²) in [5.74, 6) is 1.18. The second kappa shape index (κ2) is 2.70. The van der Waals surface area contributed by atoms with Gasteiger partial charge >= 0.3 is 0 Å². The quantitative estimate of drug-likeness (QED) is 0.636. The summed E-state index contributed by atoms with van der Waals surface area (Å²) in [7, 11) is 0. The summed E-state index contributed by atoms with van der Waals surface area (Å²) in [6.45, 7) is 4.26. The van der Waals surface area contributed by atoms with Crippen molar-refractivity contribution in [3.05, 3.63) is 0 Å². The number of carbonyl (C=O) groups is 1. The van der Waals surface area contributed by atoms with Gasteiger partial charge in [0.2, 0.25) is 0 Å². The number of hydrogen-bond donors (Lipinski definition) is 1. The summed E-state index contributed by atoms with van der Waals surface area (Å²) in [6, 6.07) is 0.132. The molecule has 2 N–H and O–H groups in total. The van der Waals surface area contributed by atoms with Gasteiger partial charge in [0.25, 0.3) is 0 Å². The molecule has 1 saturated carbocycles. The molecule has 1 fully saturated rings. The van der Waals surface area contributed by atoms with Gasteiger partial charge in [0.05, 0.1) is 0 Å². The van der Waals surface area contributed by atoms with E-state index < -0.39 is 0 Å². The predicted octanol–water partition coefficient (Wildman–Crippen LogP) is 0.949. The highest BCUT2D eigenvalue weighted by Crippen LogP contribution is 2.29. The number of hydrogen-bond acceptors (Lipinski definition) is 2. The molecule has 0 bridgehead atoms. The molecule has 0 amide bonds. The van der Waals surface area contributed by atoms with Crippen molar-refractivity contribution in [1.82, 2.24) is 0 Å². The van der Waals surface area contributed by atoms with Crippen LogP contribution in [-0.2, 0) is 4.79 Å². The van der Waals surface area contributed by atoms with Crippen LogP contribution < -0.4 is 5.73 Å². The van der Waals surface area contributed by atoms with Crippen LogP contribution in [0.15, 0.2) is 0 Å². The van der Waals surface area contributed by atoms with Gasteiger partial charge < -0.3 is 5.73 Å². The molecule has 0 aliphatic heterocycles. The van der Waals surface area contributed by atoms with E-state index in [-0.39, 0.29) is 12.0 Å². The number of Topliss-reactive ketones (excluding diaryl/α,β-unsaturated/α-hetero) is 1. The van der Waals surface area contributed by atoms with Crippen molar-refractivity contribution in [3.63, 3.8) is 0 Å². The minimum absolute atomic E-state index is 0.132. The minimum atomic E-state index is 0.132. The lowest BCUT2D eigenvalue weighted by Gasteiger charge is -2.10. The third-order valence-electron chi connectivity index (χ3n) is 1.93. The van der Waals surface area contributed by atoms with Gasteiger partial charge in [0.15, 0.2) is 0 Å². The molecule has 0 aromatic rings. The summed E-state index contributed by atoms with van der Waals surface area (Å²) in [6.07, 6.45) is 1.71. The van der Waals surface area contributed by atoms with Crippen LogP contribution in [0.2, 0.25) is 0 Å². The van der Waals surface area contributed by atoms with Crippen LogP contribution >= 0.6 is 0 Å². The Hall–Kier alpha value is -0.370. The van der Waals surface area contributed by atoms with E-state index in [1.807, 2.05) is 0 Å². The molecule has 0 saturated heterocycles. The Morgan fingerprint density at radius 1 is 1.70 bits per heavy atom. The van der Waals surface area contributed by atoms with E-state index in [4.69, 9.17) is 5.73 Å². The minimum Gasteiger partial charge on any atom is -0.327 e. The van der Waals surface area contributed by atoms with E-state index in [0.29, 0.717) is 11.7 Å². The van der Waals surface area contributed by atoms with E-state index in [9.17, 15) is 4.79 Å². The van der Waals surface area contributed by atoms with Gasteiger partial charge in [0, 0.05) is 18.4 Å². The van der Waals surface area contributed by atoms with Crippen LogP contribution in [0.3, 0.4) is 0 Å². The number of carbonyl (C=O) groups excluding carboxylic acids is 1. The normalized spacial score (nSPS) is 27.2. The highest BCUT2D eigenvalue weighted by atomic mass is 16.1. The fraction of sp³-hybridized carbons (Fsp3) is 0.875. The Balaban J connectivity index is 2.22. The number of nitrogens with two attached hydrogens (primary N) is 1. The number of ketones is 1. The van der Waals surface area contributed by atoms with Gasteiger partial charge in [-0.3, -0.25) is 4.79 Å². The molecule has 0 spiro atoms. The maximum absolute atomic E-state index is 10.6. The Kier molecular flexibility index (Phi) is 2.09. The zero-order valence-corrected chi connectivity index (χ0v) is 6.63. The van der Waals surface area contributed by atoms with E-state index in [1.54, 1.807) is 0 Å². The third kappa shape index (κ3) is 1.81. The Labute approximate surface area is 61.8 Å². The molecule has 1 aliphatic rings. The van der Waals surface area contributed by atoms with Crippen LogP contribution in [-0.4, -0.2) is 11.8 Å². The summed E-state index contributed by atoms with van der Waals surface area (Å²) in [5.41, 5.74) is 5.75. The first-order valence-corrected chi connectivity index (χ1v) is 3.89. The molecule has 0 aromatic carbocycles. The molecule has 0 heterocycles. The molecule has 1 rings (SSSR count). The van der Waals surface area contributed by atoms with Crippen LogP contribution in [0.5, 0.6) is 0 Å². The molecule has 0 radical (unpaired) electrons. The number of rotatable bonds is 3. The van der Waals surface area contributed by atoms with Crippen LogP contribution in [0.1, 0.15) is 26.7 Å². The SMILES string of the molecule is CC(C)CC(N)[C@@H]1CC1=O. The first kappa shape index (κ1) is 7.73. The average Bonchev–Trinajstić information content (AvgIpc) is 2.44. The molecule has 0 aromatic heterocycles.